The molecule has 1 rings (SSSR count). The Balaban J connectivity index is 2.39. The average molecular weight is 252 g/mol. The van der Waals surface area contributed by atoms with E-state index in [0.717, 1.165) is 5.56 Å². The quantitative estimate of drug-likeness (QED) is 0.767. The van der Waals surface area contributed by atoms with E-state index >= 15 is 0 Å². The van der Waals surface area contributed by atoms with E-state index in [1.165, 1.54) is 7.11 Å². The van der Waals surface area contributed by atoms with Gasteiger partial charge in [0, 0.05) is 13.7 Å². The Morgan fingerprint density at radius 3 is 2.56 bits per heavy atom. The molecule has 0 aliphatic carbocycles. The van der Waals surface area contributed by atoms with Crippen LogP contribution in [0.3, 0.4) is 0 Å². The summed E-state index contributed by atoms with van der Waals surface area (Å²) in [6.45, 7) is 0.256. The first-order valence-electron chi connectivity index (χ1n) is 5.40. The summed E-state index contributed by atoms with van der Waals surface area (Å²) in [5.41, 5.74) is 5.98. The molecule has 1 atom stereocenters. The van der Waals surface area contributed by atoms with Crippen molar-refractivity contribution in [2.45, 2.75) is 12.6 Å². The van der Waals surface area contributed by atoms with Crippen molar-refractivity contribution < 1.29 is 19.1 Å². The predicted octanol–water partition coefficient (Wildman–Crippen LogP) is 0.413. The molecule has 0 unspecified atom stereocenters. The Labute approximate surface area is 105 Å². The number of methoxy groups -OCH3 is 1. The number of carbonyl (C=O) groups excluding carboxylic acids is 2. The fraction of sp³-hybridized carbons (Fsp3) is 0.333. The van der Waals surface area contributed by atoms with Gasteiger partial charge in [0.15, 0.2) is 0 Å². The van der Waals surface area contributed by atoms with Gasteiger partial charge in [0.25, 0.3) is 5.91 Å². The van der Waals surface area contributed by atoms with Crippen LogP contribution in [-0.2, 0) is 20.8 Å². The number of rotatable bonds is 6. The minimum absolute atomic E-state index is 0.0614. The number of benzene rings is 1. The fourth-order valence-corrected chi connectivity index (χ4v) is 1.27. The zero-order chi connectivity index (χ0) is 13.4. The minimum Gasteiger partial charge on any atom is -0.434 e. The van der Waals surface area contributed by atoms with Crippen LogP contribution in [-0.4, -0.2) is 31.8 Å². The van der Waals surface area contributed by atoms with Crippen LogP contribution in [0.1, 0.15) is 5.56 Å². The molecule has 0 saturated heterocycles. The summed E-state index contributed by atoms with van der Waals surface area (Å²) >= 11 is 0. The van der Waals surface area contributed by atoms with E-state index in [9.17, 15) is 9.59 Å². The maximum Gasteiger partial charge on any atom is 0.408 e. The molecule has 1 aromatic rings. The van der Waals surface area contributed by atoms with Crippen LogP contribution in [0.5, 0.6) is 0 Å². The van der Waals surface area contributed by atoms with Gasteiger partial charge in [-0.1, -0.05) is 30.3 Å². The molecule has 2 amide bonds. The summed E-state index contributed by atoms with van der Waals surface area (Å²) in [6.07, 6.45) is -1.79. The van der Waals surface area contributed by atoms with Gasteiger partial charge in [0.2, 0.25) is 6.10 Å². The summed E-state index contributed by atoms with van der Waals surface area (Å²) in [6, 6.07) is 9.32. The summed E-state index contributed by atoms with van der Waals surface area (Å²) in [5, 5.41) is 2.52. The Morgan fingerprint density at radius 1 is 1.33 bits per heavy atom. The number of ether oxygens (including phenoxy) is 2. The number of hydrogen-bond acceptors (Lipinski definition) is 4. The molecule has 0 aliphatic heterocycles. The van der Waals surface area contributed by atoms with Crippen LogP contribution in [0.25, 0.3) is 0 Å². The Morgan fingerprint density at radius 2 is 2.00 bits per heavy atom. The standard InChI is InChI=1S/C12H16N2O4/c1-17-8-10(11(13)15)18-12(16)14-7-9-5-3-2-4-6-9/h2-6,10H,7-8H2,1H3,(H2,13,15)(H,14,16)/t10-/m0/s1. The molecule has 0 saturated carbocycles. The molecule has 0 aliphatic rings. The molecule has 0 aromatic heterocycles. The topological polar surface area (TPSA) is 90.7 Å². The van der Waals surface area contributed by atoms with Crippen molar-refractivity contribution in [2.24, 2.45) is 5.73 Å². The second-order valence-corrected chi connectivity index (χ2v) is 3.59. The summed E-state index contributed by atoms with van der Waals surface area (Å²) in [4.78, 5) is 22.3. The first-order chi connectivity index (χ1) is 8.63. The van der Waals surface area contributed by atoms with Crippen LogP contribution in [0, 0.1) is 0 Å². The highest BCUT2D eigenvalue weighted by Gasteiger charge is 2.19. The van der Waals surface area contributed by atoms with Crippen molar-refractivity contribution in [1.82, 2.24) is 5.32 Å². The molecule has 0 fully saturated rings. The first-order valence-corrected chi connectivity index (χ1v) is 5.40. The smallest absolute Gasteiger partial charge is 0.408 e. The summed E-state index contributed by atoms with van der Waals surface area (Å²) < 4.78 is 9.55. The molecule has 3 N–H and O–H groups in total. The third-order valence-electron chi connectivity index (χ3n) is 2.16. The van der Waals surface area contributed by atoms with E-state index in [1.54, 1.807) is 0 Å². The molecule has 1 aromatic carbocycles. The zero-order valence-corrected chi connectivity index (χ0v) is 10.1. The highest BCUT2D eigenvalue weighted by molar-refractivity contribution is 5.82. The normalized spacial score (nSPS) is 11.6. The number of carbonyl (C=O) groups is 2. The van der Waals surface area contributed by atoms with Crippen molar-refractivity contribution in [3.63, 3.8) is 0 Å². The second kappa shape index (κ2) is 7.29. The first kappa shape index (κ1) is 14.0. The van der Waals surface area contributed by atoms with Gasteiger partial charge in [-0.05, 0) is 5.56 Å². The van der Waals surface area contributed by atoms with Crippen LogP contribution in [0.4, 0.5) is 4.79 Å². The van der Waals surface area contributed by atoms with E-state index in [0.29, 0.717) is 6.54 Å². The highest BCUT2D eigenvalue weighted by atomic mass is 16.6. The number of amides is 2. The number of alkyl carbamates (subject to hydrolysis) is 1. The number of hydrogen-bond donors (Lipinski definition) is 2. The molecular formula is C12H16N2O4. The SMILES string of the molecule is COC[C@H](OC(=O)NCc1ccccc1)C(N)=O. The minimum atomic E-state index is -1.08. The monoisotopic (exact) mass is 252 g/mol. The van der Waals surface area contributed by atoms with Crippen molar-refractivity contribution in [3.8, 4) is 0 Å². The molecule has 0 radical (unpaired) electrons. The third-order valence-corrected chi connectivity index (χ3v) is 2.16. The lowest BCUT2D eigenvalue weighted by Crippen LogP contribution is -2.39. The molecule has 0 spiro atoms. The molecule has 18 heavy (non-hydrogen) atoms. The van der Waals surface area contributed by atoms with E-state index in [4.69, 9.17) is 15.2 Å². The Hall–Kier alpha value is -2.08. The van der Waals surface area contributed by atoms with Gasteiger partial charge in [-0.3, -0.25) is 4.79 Å². The zero-order valence-electron chi connectivity index (χ0n) is 10.1. The van der Waals surface area contributed by atoms with Crippen molar-refractivity contribution >= 4 is 12.0 Å². The lowest BCUT2D eigenvalue weighted by atomic mass is 10.2. The largest absolute Gasteiger partial charge is 0.434 e. The molecular weight excluding hydrogens is 236 g/mol. The summed E-state index contributed by atoms with van der Waals surface area (Å²) in [7, 11) is 1.39. The molecule has 0 heterocycles. The maximum atomic E-state index is 11.4. The Kier molecular flexibility index (Phi) is 5.66. The second-order valence-electron chi connectivity index (χ2n) is 3.59. The van der Waals surface area contributed by atoms with Crippen molar-refractivity contribution in [1.29, 1.82) is 0 Å². The van der Waals surface area contributed by atoms with Gasteiger partial charge in [-0.15, -0.1) is 0 Å². The highest BCUT2D eigenvalue weighted by Crippen LogP contribution is 1.98. The Bertz CT molecular complexity index is 394. The van der Waals surface area contributed by atoms with Gasteiger partial charge in [-0.2, -0.15) is 0 Å². The fourth-order valence-electron chi connectivity index (χ4n) is 1.27. The van der Waals surface area contributed by atoms with E-state index in [1.807, 2.05) is 30.3 Å². The van der Waals surface area contributed by atoms with Gasteiger partial charge < -0.3 is 20.5 Å². The van der Waals surface area contributed by atoms with Gasteiger partial charge in [0.1, 0.15) is 0 Å². The molecule has 98 valence electrons. The van der Waals surface area contributed by atoms with Crippen LogP contribution in [0.15, 0.2) is 30.3 Å². The number of primary amides is 1. The van der Waals surface area contributed by atoms with Crippen molar-refractivity contribution in [3.05, 3.63) is 35.9 Å². The van der Waals surface area contributed by atoms with Gasteiger partial charge in [-0.25, -0.2) is 4.79 Å². The summed E-state index contributed by atoms with van der Waals surface area (Å²) in [5.74, 6) is -0.744. The van der Waals surface area contributed by atoms with Crippen LogP contribution in [0.2, 0.25) is 0 Å². The third kappa shape index (κ3) is 4.84. The molecule has 0 bridgehead atoms. The van der Waals surface area contributed by atoms with Gasteiger partial charge >= 0.3 is 6.09 Å². The van der Waals surface area contributed by atoms with Crippen LogP contribution < -0.4 is 11.1 Å². The average Bonchev–Trinajstić information content (AvgIpc) is 2.37. The lowest BCUT2D eigenvalue weighted by molar-refractivity contribution is -0.128. The number of nitrogens with two attached hydrogens (primary N) is 1. The molecule has 6 nitrogen and oxygen atoms in total. The maximum absolute atomic E-state index is 11.4. The predicted molar refractivity (Wildman–Crippen MR) is 64.6 cm³/mol. The molecule has 6 heteroatoms. The van der Waals surface area contributed by atoms with Crippen LogP contribution >= 0.6 is 0 Å². The van der Waals surface area contributed by atoms with Gasteiger partial charge in [0.05, 0.1) is 6.61 Å². The van der Waals surface area contributed by atoms with E-state index in [-0.39, 0.29) is 6.61 Å². The lowest BCUT2D eigenvalue weighted by Gasteiger charge is -2.14. The number of nitrogens with one attached hydrogen (secondary N) is 1. The van der Waals surface area contributed by atoms with E-state index < -0.39 is 18.1 Å². The van der Waals surface area contributed by atoms with Crippen molar-refractivity contribution in [2.75, 3.05) is 13.7 Å². The van der Waals surface area contributed by atoms with E-state index in [2.05, 4.69) is 5.32 Å².